The molecule has 3 N–H and O–H groups in total. The average molecular weight is 425 g/mol. The summed E-state index contributed by atoms with van der Waals surface area (Å²) in [5.74, 6) is 0.541. The zero-order chi connectivity index (χ0) is 21.8. The minimum absolute atomic E-state index is 0.190. The van der Waals surface area contributed by atoms with Gasteiger partial charge in [0.15, 0.2) is 5.82 Å². The number of ether oxygens (including phenoxy) is 1. The van der Waals surface area contributed by atoms with Crippen molar-refractivity contribution in [2.45, 2.75) is 6.42 Å². The van der Waals surface area contributed by atoms with Crippen molar-refractivity contribution < 1.29 is 9.53 Å². The van der Waals surface area contributed by atoms with E-state index < -0.39 is 0 Å². The predicted octanol–water partition coefficient (Wildman–Crippen LogP) is 0.749. The summed E-state index contributed by atoms with van der Waals surface area (Å²) in [5, 5.41) is 7.33. The lowest BCUT2D eigenvalue weighted by atomic mass is 10.1. The van der Waals surface area contributed by atoms with Gasteiger partial charge in [-0.1, -0.05) is 0 Å². The molecule has 10 nitrogen and oxygen atoms in total. The number of likely N-dealkylation sites (N-methyl/N-ethyl adjacent to an activating group) is 1. The van der Waals surface area contributed by atoms with Gasteiger partial charge < -0.3 is 25.6 Å². The fraction of sp³-hybridized carbons (Fsp3) is 0.429. The molecule has 1 aliphatic rings. The number of nitrogens with zero attached hydrogens (tertiary/aromatic N) is 6. The molecule has 0 unspecified atom stereocenters. The van der Waals surface area contributed by atoms with Gasteiger partial charge in [-0.25, -0.2) is 14.5 Å². The SMILES string of the molecule is COc1cc(-c2cc(C(=O)NCCCN3CCN(C)CC3)c3c(N)ncnn23)ccn1. The van der Waals surface area contributed by atoms with Gasteiger partial charge >= 0.3 is 0 Å². The van der Waals surface area contributed by atoms with Crippen LogP contribution < -0.4 is 15.8 Å². The molecule has 4 heterocycles. The molecule has 31 heavy (non-hydrogen) atoms. The average Bonchev–Trinajstić information content (AvgIpc) is 3.19. The fourth-order valence-corrected chi connectivity index (χ4v) is 3.80. The number of methoxy groups -OCH3 is 1. The third-order valence-electron chi connectivity index (χ3n) is 5.60. The van der Waals surface area contributed by atoms with Gasteiger partial charge in [0.2, 0.25) is 5.88 Å². The lowest BCUT2D eigenvalue weighted by molar-refractivity contribution is 0.0951. The molecule has 3 aromatic rings. The van der Waals surface area contributed by atoms with E-state index >= 15 is 0 Å². The molecule has 164 valence electrons. The first kappa shape index (κ1) is 21.0. The fourth-order valence-electron chi connectivity index (χ4n) is 3.80. The number of carbonyl (C=O) groups is 1. The summed E-state index contributed by atoms with van der Waals surface area (Å²) in [6.45, 7) is 5.88. The maximum Gasteiger partial charge on any atom is 0.253 e. The minimum atomic E-state index is -0.190. The summed E-state index contributed by atoms with van der Waals surface area (Å²) in [6.07, 6.45) is 3.92. The zero-order valence-corrected chi connectivity index (χ0v) is 17.9. The number of hydrogen-bond acceptors (Lipinski definition) is 8. The highest BCUT2D eigenvalue weighted by Gasteiger charge is 2.20. The van der Waals surface area contributed by atoms with Crippen LogP contribution in [0, 0.1) is 0 Å². The number of carbonyl (C=O) groups excluding carboxylic acids is 1. The number of nitrogens with one attached hydrogen (secondary N) is 1. The number of aromatic nitrogens is 4. The molecule has 4 rings (SSSR count). The van der Waals surface area contributed by atoms with Crippen LogP contribution in [0.2, 0.25) is 0 Å². The lowest BCUT2D eigenvalue weighted by Gasteiger charge is -2.32. The summed E-state index contributed by atoms with van der Waals surface area (Å²) < 4.78 is 6.86. The van der Waals surface area contributed by atoms with Crippen LogP contribution in [0.4, 0.5) is 5.82 Å². The van der Waals surface area contributed by atoms with Crippen molar-refractivity contribution in [2.24, 2.45) is 0 Å². The van der Waals surface area contributed by atoms with E-state index in [0.29, 0.717) is 29.2 Å². The van der Waals surface area contributed by atoms with Gasteiger partial charge in [0.1, 0.15) is 11.8 Å². The molecule has 0 aromatic carbocycles. The second-order valence-electron chi connectivity index (χ2n) is 7.69. The quantitative estimate of drug-likeness (QED) is 0.534. The molecule has 0 spiro atoms. The highest BCUT2D eigenvalue weighted by Crippen LogP contribution is 2.29. The molecule has 3 aromatic heterocycles. The maximum atomic E-state index is 13.0. The minimum Gasteiger partial charge on any atom is -0.481 e. The zero-order valence-electron chi connectivity index (χ0n) is 17.9. The van der Waals surface area contributed by atoms with Crippen molar-refractivity contribution in [1.82, 2.24) is 34.7 Å². The molecule has 10 heteroatoms. The van der Waals surface area contributed by atoms with Gasteiger partial charge in [0.25, 0.3) is 5.91 Å². The number of rotatable bonds is 7. The number of anilines is 1. The number of piperazine rings is 1. The lowest BCUT2D eigenvalue weighted by Crippen LogP contribution is -2.45. The third-order valence-corrected chi connectivity index (χ3v) is 5.60. The van der Waals surface area contributed by atoms with Gasteiger partial charge in [-0.15, -0.1) is 0 Å². The Morgan fingerprint density at radius 1 is 1.23 bits per heavy atom. The van der Waals surface area contributed by atoms with Crippen molar-refractivity contribution in [3.8, 4) is 17.1 Å². The van der Waals surface area contributed by atoms with Gasteiger partial charge in [-0.3, -0.25) is 4.79 Å². The monoisotopic (exact) mass is 424 g/mol. The van der Waals surface area contributed by atoms with E-state index in [0.717, 1.165) is 44.7 Å². The topological polar surface area (TPSA) is 114 Å². The molecule has 1 fully saturated rings. The van der Waals surface area contributed by atoms with Gasteiger partial charge in [-0.05, 0) is 32.1 Å². The molecule has 1 saturated heterocycles. The van der Waals surface area contributed by atoms with Crippen molar-refractivity contribution in [3.05, 3.63) is 36.3 Å². The van der Waals surface area contributed by atoms with E-state index in [1.54, 1.807) is 30.0 Å². The first-order valence-electron chi connectivity index (χ1n) is 10.4. The Balaban J connectivity index is 1.50. The Morgan fingerprint density at radius 2 is 2.03 bits per heavy atom. The number of fused-ring (bicyclic) bond motifs is 1. The first-order chi connectivity index (χ1) is 15.1. The van der Waals surface area contributed by atoms with Gasteiger partial charge in [0, 0.05) is 50.6 Å². The first-order valence-corrected chi connectivity index (χ1v) is 10.4. The summed E-state index contributed by atoms with van der Waals surface area (Å²) in [4.78, 5) is 26.0. The van der Waals surface area contributed by atoms with Crippen LogP contribution in [0.3, 0.4) is 0 Å². The van der Waals surface area contributed by atoms with Crippen molar-refractivity contribution in [3.63, 3.8) is 0 Å². The summed E-state index contributed by atoms with van der Waals surface area (Å²) >= 11 is 0. The molecule has 0 bridgehead atoms. The standard InChI is InChI=1S/C21H28N8O2/c1-27-8-10-28(11-9-27)7-3-5-24-21(30)16-13-17(15-4-6-23-18(12-15)31-2)29-19(16)20(22)25-14-26-29/h4,6,12-14H,3,5,7-11H2,1-2H3,(H,24,30)(H2,22,25,26). The van der Waals surface area contributed by atoms with Crippen LogP contribution in [0.1, 0.15) is 16.8 Å². The van der Waals surface area contributed by atoms with E-state index in [9.17, 15) is 4.79 Å². The highest BCUT2D eigenvalue weighted by atomic mass is 16.5. The number of nitrogen functional groups attached to an aromatic ring is 1. The maximum absolute atomic E-state index is 13.0. The van der Waals surface area contributed by atoms with Crippen LogP contribution in [-0.2, 0) is 0 Å². The molecule has 0 atom stereocenters. The second kappa shape index (κ2) is 9.27. The van der Waals surface area contributed by atoms with Crippen LogP contribution >= 0.6 is 0 Å². The Morgan fingerprint density at radius 3 is 2.81 bits per heavy atom. The molecule has 1 amide bonds. The number of nitrogens with two attached hydrogens (primary N) is 1. The third kappa shape index (κ3) is 4.59. The van der Waals surface area contributed by atoms with Crippen molar-refractivity contribution in [2.75, 3.05) is 59.2 Å². The van der Waals surface area contributed by atoms with E-state index in [4.69, 9.17) is 10.5 Å². The van der Waals surface area contributed by atoms with E-state index in [1.165, 1.54) is 6.33 Å². The van der Waals surface area contributed by atoms with Gasteiger partial charge in [-0.2, -0.15) is 5.10 Å². The molecular weight excluding hydrogens is 396 g/mol. The highest BCUT2D eigenvalue weighted by molar-refractivity contribution is 6.05. The molecule has 0 aliphatic carbocycles. The van der Waals surface area contributed by atoms with E-state index in [1.807, 2.05) is 6.07 Å². The summed E-state index contributed by atoms with van der Waals surface area (Å²) in [5.41, 5.74) is 8.57. The normalized spacial score (nSPS) is 15.3. The Hall–Kier alpha value is -3.24. The number of hydrogen-bond donors (Lipinski definition) is 2. The summed E-state index contributed by atoms with van der Waals surface area (Å²) in [7, 11) is 3.70. The molecule has 0 saturated carbocycles. The largest absolute Gasteiger partial charge is 0.481 e. The number of pyridine rings is 1. The van der Waals surface area contributed by atoms with E-state index in [-0.39, 0.29) is 11.7 Å². The molecular formula is C21H28N8O2. The summed E-state index contributed by atoms with van der Waals surface area (Å²) in [6, 6.07) is 5.41. The number of amides is 1. The second-order valence-corrected chi connectivity index (χ2v) is 7.69. The van der Waals surface area contributed by atoms with Crippen LogP contribution in [0.15, 0.2) is 30.7 Å². The van der Waals surface area contributed by atoms with Crippen LogP contribution in [-0.4, -0.2) is 88.7 Å². The smallest absolute Gasteiger partial charge is 0.253 e. The van der Waals surface area contributed by atoms with E-state index in [2.05, 4.69) is 37.2 Å². The Kier molecular flexibility index (Phi) is 6.28. The van der Waals surface area contributed by atoms with Crippen LogP contribution in [0.5, 0.6) is 5.88 Å². The van der Waals surface area contributed by atoms with Crippen molar-refractivity contribution >= 4 is 17.2 Å². The predicted molar refractivity (Wildman–Crippen MR) is 118 cm³/mol. The van der Waals surface area contributed by atoms with Crippen molar-refractivity contribution in [1.29, 1.82) is 0 Å². The molecule has 1 aliphatic heterocycles. The van der Waals surface area contributed by atoms with Crippen LogP contribution in [0.25, 0.3) is 16.8 Å². The Bertz CT molecular complexity index is 1060. The Labute approximate surface area is 181 Å². The van der Waals surface area contributed by atoms with Gasteiger partial charge in [0.05, 0.1) is 18.4 Å². The molecule has 0 radical (unpaired) electrons.